The third kappa shape index (κ3) is 1.57. The molecule has 0 bridgehead atoms. The summed E-state index contributed by atoms with van der Waals surface area (Å²) in [6.07, 6.45) is 2.22. The van der Waals surface area contributed by atoms with Gasteiger partial charge in [0.05, 0.1) is 6.20 Å². The Kier molecular flexibility index (Phi) is 2.35. The molecule has 0 aliphatic heterocycles. The maximum absolute atomic E-state index is 12.8. The molecule has 64 valence electrons. The molecule has 0 unspecified atom stereocenters. The third-order valence-corrected chi connectivity index (χ3v) is 1.40. The number of halogens is 1. The molecule has 3 N–H and O–H groups in total. The number of pyridine rings is 1. The first-order chi connectivity index (χ1) is 5.63. The zero-order valence-corrected chi connectivity index (χ0v) is 6.07. The molecule has 0 aliphatic rings. The maximum Gasteiger partial charge on any atom is 0.325 e. The molecular weight excluding hydrogens is 163 g/mol. The fourth-order valence-electron chi connectivity index (χ4n) is 0.771. The number of hydrogen-bond acceptors (Lipinski definition) is 3. The highest BCUT2D eigenvalue weighted by atomic mass is 19.1. The van der Waals surface area contributed by atoms with Crippen LogP contribution in [0.5, 0.6) is 0 Å². The predicted molar refractivity (Wildman–Crippen MR) is 38.8 cm³/mol. The molecule has 1 heterocycles. The molecule has 0 saturated carbocycles. The van der Waals surface area contributed by atoms with Crippen LogP contribution in [0.2, 0.25) is 0 Å². The van der Waals surface area contributed by atoms with E-state index in [0.717, 1.165) is 6.20 Å². The molecular formula is C7H7FN2O2. The first-order valence-electron chi connectivity index (χ1n) is 3.20. The highest BCUT2D eigenvalue weighted by Crippen LogP contribution is 2.12. The van der Waals surface area contributed by atoms with Crippen LogP contribution in [0.25, 0.3) is 0 Å². The standard InChI is InChI=1S/C7H7FN2O2/c8-5-3-10-2-1-4(5)6(9)7(11)12/h1-3,6H,9H2,(H,11,12)/t6-/m0/s1. The van der Waals surface area contributed by atoms with Crippen molar-refractivity contribution >= 4 is 5.97 Å². The van der Waals surface area contributed by atoms with Gasteiger partial charge in [0, 0.05) is 11.8 Å². The number of nitrogens with zero attached hydrogens (tertiary/aromatic N) is 1. The number of carbonyl (C=O) groups is 1. The Morgan fingerprint density at radius 3 is 2.92 bits per heavy atom. The average molecular weight is 170 g/mol. The van der Waals surface area contributed by atoms with E-state index >= 15 is 0 Å². The zero-order valence-electron chi connectivity index (χ0n) is 6.07. The van der Waals surface area contributed by atoms with Gasteiger partial charge >= 0.3 is 5.97 Å². The predicted octanol–water partition coefficient (Wildman–Crippen LogP) is 0.305. The number of aliphatic carboxylic acids is 1. The number of nitrogens with two attached hydrogens (primary N) is 1. The maximum atomic E-state index is 12.8. The van der Waals surface area contributed by atoms with Gasteiger partial charge in [-0.2, -0.15) is 0 Å². The Morgan fingerprint density at radius 2 is 2.42 bits per heavy atom. The normalized spacial score (nSPS) is 12.5. The number of rotatable bonds is 2. The lowest BCUT2D eigenvalue weighted by molar-refractivity contribution is -0.138. The Labute approximate surface area is 67.8 Å². The van der Waals surface area contributed by atoms with Gasteiger partial charge in [-0.05, 0) is 6.07 Å². The van der Waals surface area contributed by atoms with Crippen LogP contribution in [0.1, 0.15) is 11.6 Å². The second-order valence-electron chi connectivity index (χ2n) is 2.21. The van der Waals surface area contributed by atoms with Gasteiger partial charge in [-0.3, -0.25) is 9.78 Å². The molecule has 4 nitrogen and oxygen atoms in total. The van der Waals surface area contributed by atoms with E-state index < -0.39 is 17.8 Å². The lowest BCUT2D eigenvalue weighted by atomic mass is 10.1. The van der Waals surface area contributed by atoms with Gasteiger partial charge in [0.15, 0.2) is 0 Å². The summed E-state index contributed by atoms with van der Waals surface area (Å²) in [7, 11) is 0. The summed E-state index contributed by atoms with van der Waals surface area (Å²) in [5, 5.41) is 8.45. The molecule has 0 aromatic carbocycles. The Balaban J connectivity index is 3.02. The largest absolute Gasteiger partial charge is 0.480 e. The average Bonchev–Trinajstić information content (AvgIpc) is 2.04. The van der Waals surface area contributed by atoms with E-state index in [1.807, 2.05) is 0 Å². The van der Waals surface area contributed by atoms with Crippen LogP contribution in [0, 0.1) is 5.82 Å². The second kappa shape index (κ2) is 3.27. The molecule has 0 saturated heterocycles. The van der Waals surface area contributed by atoms with Crippen molar-refractivity contribution in [1.82, 2.24) is 4.98 Å². The molecule has 1 aromatic rings. The Hall–Kier alpha value is -1.49. The van der Waals surface area contributed by atoms with Crippen LogP contribution in [0.4, 0.5) is 4.39 Å². The SMILES string of the molecule is N[C@H](C(=O)O)c1ccncc1F. The minimum absolute atomic E-state index is 0.0579. The van der Waals surface area contributed by atoms with Crippen LogP contribution < -0.4 is 5.73 Å². The van der Waals surface area contributed by atoms with Crippen LogP contribution in [0.3, 0.4) is 0 Å². The van der Waals surface area contributed by atoms with Crippen molar-refractivity contribution in [3.63, 3.8) is 0 Å². The molecule has 0 fully saturated rings. The molecule has 1 atom stereocenters. The number of carboxylic acids is 1. The lowest BCUT2D eigenvalue weighted by Crippen LogP contribution is -2.21. The highest BCUT2D eigenvalue weighted by Gasteiger charge is 2.17. The van der Waals surface area contributed by atoms with E-state index in [1.165, 1.54) is 12.3 Å². The van der Waals surface area contributed by atoms with Crippen molar-refractivity contribution in [2.45, 2.75) is 6.04 Å². The zero-order chi connectivity index (χ0) is 9.14. The molecule has 1 rings (SSSR count). The van der Waals surface area contributed by atoms with E-state index in [9.17, 15) is 9.18 Å². The van der Waals surface area contributed by atoms with E-state index in [0.29, 0.717) is 0 Å². The first kappa shape index (κ1) is 8.61. The summed E-state index contributed by atoms with van der Waals surface area (Å²) in [5.41, 5.74) is 5.11. The molecule has 0 radical (unpaired) electrons. The third-order valence-electron chi connectivity index (χ3n) is 1.40. The second-order valence-corrected chi connectivity index (χ2v) is 2.21. The summed E-state index contributed by atoms with van der Waals surface area (Å²) >= 11 is 0. The quantitative estimate of drug-likeness (QED) is 0.669. The fourth-order valence-corrected chi connectivity index (χ4v) is 0.771. The van der Waals surface area contributed by atoms with Crippen LogP contribution in [-0.2, 0) is 4.79 Å². The van der Waals surface area contributed by atoms with E-state index in [1.54, 1.807) is 0 Å². The smallest absolute Gasteiger partial charge is 0.325 e. The highest BCUT2D eigenvalue weighted by molar-refractivity contribution is 5.75. The minimum Gasteiger partial charge on any atom is -0.480 e. The van der Waals surface area contributed by atoms with Crippen LogP contribution in [-0.4, -0.2) is 16.1 Å². The summed E-state index contributed by atoms with van der Waals surface area (Å²) in [4.78, 5) is 13.8. The lowest BCUT2D eigenvalue weighted by Gasteiger charge is -2.05. The summed E-state index contributed by atoms with van der Waals surface area (Å²) in [6.45, 7) is 0. The van der Waals surface area contributed by atoms with Gasteiger partial charge in [0.1, 0.15) is 11.9 Å². The van der Waals surface area contributed by atoms with Crippen molar-refractivity contribution in [3.8, 4) is 0 Å². The molecule has 12 heavy (non-hydrogen) atoms. The molecule has 5 heteroatoms. The van der Waals surface area contributed by atoms with Crippen molar-refractivity contribution < 1.29 is 14.3 Å². The first-order valence-corrected chi connectivity index (χ1v) is 3.20. The number of carboxylic acid groups (broad SMARTS) is 1. The molecule has 0 aliphatic carbocycles. The fraction of sp³-hybridized carbons (Fsp3) is 0.143. The summed E-state index contributed by atoms with van der Waals surface area (Å²) < 4.78 is 12.8. The van der Waals surface area contributed by atoms with Crippen LogP contribution >= 0.6 is 0 Å². The van der Waals surface area contributed by atoms with Crippen molar-refractivity contribution in [2.75, 3.05) is 0 Å². The van der Waals surface area contributed by atoms with Gasteiger partial charge < -0.3 is 10.8 Å². The summed E-state index contributed by atoms with van der Waals surface area (Å²) in [6, 6.07) is -0.0818. The van der Waals surface area contributed by atoms with Crippen molar-refractivity contribution in [2.24, 2.45) is 5.73 Å². The Bertz CT molecular complexity index is 303. The van der Waals surface area contributed by atoms with E-state index in [2.05, 4.69) is 4.98 Å². The van der Waals surface area contributed by atoms with E-state index in [4.69, 9.17) is 10.8 Å². The Morgan fingerprint density at radius 1 is 1.75 bits per heavy atom. The van der Waals surface area contributed by atoms with Gasteiger partial charge in [0.25, 0.3) is 0 Å². The number of aromatic nitrogens is 1. The van der Waals surface area contributed by atoms with Gasteiger partial charge in [-0.15, -0.1) is 0 Å². The van der Waals surface area contributed by atoms with Crippen LogP contribution in [0.15, 0.2) is 18.5 Å². The van der Waals surface area contributed by atoms with Gasteiger partial charge in [-0.1, -0.05) is 0 Å². The number of hydrogen-bond donors (Lipinski definition) is 2. The molecule has 0 spiro atoms. The van der Waals surface area contributed by atoms with Gasteiger partial charge in [0.2, 0.25) is 0 Å². The topological polar surface area (TPSA) is 76.2 Å². The summed E-state index contributed by atoms with van der Waals surface area (Å²) in [5.74, 6) is -1.97. The van der Waals surface area contributed by atoms with Gasteiger partial charge in [-0.25, -0.2) is 4.39 Å². The van der Waals surface area contributed by atoms with E-state index in [-0.39, 0.29) is 5.56 Å². The molecule has 0 amide bonds. The molecule has 1 aromatic heterocycles. The monoisotopic (exact) mass is 170 g/mol. The van der Waals surface area contributed by atoms with Crippen molar-refractivity contribution in [1.29, 1.82) is 0 Å². The minimum atomic E-state index is -1.33. The van der Waals surface area contributed by atoms with Crippen molar-refractivity contribution in [3.05, 3.63) is 29.8 Å².